The van der Waals surface area contributed by atoms with E-state index in [9.17, 15) is 0 Å². The van der Waals surface area contributed by atoms with Gasteiger partial charge < -0.3 is 0 Å². The van der Waals surface area contributed by atoms with Crippen LogP contribution in [0.25, 0.3) is 0 Å². The van der Waals surface area contributed by atoms with Crippen LogP contribution in [0.2, 0.25) is 0 Å². The van der Waals surface area contributed by atoms with E-state index in [0.717, 1.165) is 17.9 Å². The summed E-state index contributed by atoms with van der Waals surface area (Å²) in [5.74, 6) is 1.92. The Kier molecular flexibility index (Phi) is 2.63. The summed E-state index contributed by atoms with van der Waals surface area (Å²) in [4.78, 5) is 2.66. The van der Waals surface area contributed by atoms with Crippen molar-refractivity contribution in [3.05, 3.63) is 0 Å². The van der Waals surface area contributed by atoms with Gasteiger partial charge in [0.25, 0.3) is 0 Å². The Morgan fingerprint density at radius 3 is 2.50 bits per heavy atom. The molecule has 0 bridgehead atoms. The molecule has 1 saturated heterocycles. The van der Waals surface area contributed by atoms with Gasteiger partial charge in [-0.3, -0.25) is 4.90 Å². The molecule has 1 heterocycles. The van der Waals surface area contributed by atoms with Crippen molar-refractivity contribution in [1.82, 2.24) is 4.90 Å². The minimum Gasteiger partial charge on any atom is -0.298 e. The second kappa shape index (κ2) is 3.52. The lowest BCUT2D eigenvalue weighted by Gasteiger charge is -2.54. The van der Waals surface area contributed by atoms with Gasteiger partial charge >= 0.3 is 0 Å². The van der Waals surface area contributed by atoms with E-state index in [2.05, 4.69) is 32.7 Å². The van der Waals surface area contributed by atoms with Gasteiger partial charge in [-0.05, 0) is 52.0 Å². The number of hydrogen-bond donors (Lipinski definition) is 0. The third-order valence-corrected chi connectivity index (χ3v) is 4.79. The molecular formula is C13H25N. The smallest absolute Gasteiger partial charge is 0.0155 e. The largest absolute Gasteiger partial charge is 0.298 e. The number of fused-ring (bicyclic) bond motifs is 1. The van der Waals surface area contributed by atoms with Gasteiger partial charge in [-0.15, -0.1) is 0 Å². The third-order valence-electron chi connectivity index (χ3n) is 4.79. The molecule has 0 amide bonds. The molecule has 0 aromatic carbocycles. The summed E-state index contributed by atoms with van der Waals surface area (Å²) < 4.78 is 0. The average molecular weight is 195 g/mol. The minimum absolute atomic E-state index is 0.428. The van der Waals surface area contributed by atoms with E-state index in [1.165, 1.54) is 32.1 Å². The predicted molar refractivity (Wildman–Crippen MR) is 61.4 cm³/mol. The topological polar surface area (TPSA) is 3.24 Å². The SMILES string of the molecule is C[C@@H]1CC(C)(C)N(C)[C@@H]2CCCC[C@H]12. The van der Waals surface area contributed by atoms with E-state index in [4.69, 9.17) is 0 Å². The van der Waals surface area contributed by atoms with Gasteiger partial charge in [0.15, 0.2) is 0 Å². The number of hydrogen-bond acceptors (Lipinski definition) is 1. The summed E-state index contributed by atoms with van der Waals surface area (Å²) in [6.07, 6.45) is 7.22. The Labute approximate surface area is 88.9 Å². The van der Waals surface area contributed by atoms with Gasteiger partial charge in [0.2, 0.25) is 0 Å². The molecule has 14 heavy (non-hydrogen) atoms. The maximum absolute atomic E-state index is 2.66. The first-order chi connectivity index (χ1) is 6.52. The lowest BCUT2D eigenvalue weighted by molar-refractivity contribution is -0.0402. The Bertz CT molecular complexity index is 207. The molecule has 3 atom stereocenters. The Balaban J connectivity index is 2.17. The van der Waals surface area contributed by atoms with Gasteiger partial charge in [-0.1, -0.05) is 19.8 Å². The van der Waals surface area contributed by atoms with Crippen LogP contribution in [0.5, 0.6) is 0 Å². The highest BCUT2D eigenvalue weighted by atomic mass is 15.2. The normalized spacial score (nSPS) is 43.3. The van der Waals surface area contributed by atoms with Crippen LogP contribution in [-0.4, -0.2) is 23.5 Å². The number of piperidine rings is 1. The molecule has 0 unspecified atom stereocenters. The van der Waals surface area contributed by atoms with Gasteiger partial charge in [0.05, 0.1) is 0 Å². The quantitative estimate of drug-likeness (QED) is 0.573. The van der Waals surface area contributed by atoms with Crippen molar-refractivity contribution in [3.8, 4) is 0 Å². The molecule has 0 aromatic heterocycles. The standard InChI is InChI=1S/C13H25N/c1-10-9-13(2,3)14(4)12-8-6-5-7-11(10)12/h10-12H,5-9H2,1-4H3/t10-,11-,12-/m1/s1. The molecule has 0 radical (unpaired) electrons. The lowest BCUT2D eigenvalue weighted by atomic mass is 9.68. The highest BCUT2D eigenvalue weighted by Gasteiger charge is 2.43. The minimum atomic E-state index is 0.428. The second-order valence-corrected chi connectivity index (χ2v) is 6.12. The molecule has 2 aliphatic rings. The van der Waals surface area contributed by atoms with E-state index in [0.29, 0.717) is 5.54 Å². The Morgan fingerprint density at radius 1 is 1.14 bits per heavy atom. The molecule has 1 aliphatic carbocycles. The maximum Gasteiger partial charge on any atom is 0.0155 e. The summed E-state index contributed by atoms with van der Waals surface area (Å²) >= 11 is 0. The maximum atomic E-state index is 2.66. The molecule has 82 valence electrons. The molecule has 1 saturated carbocycles. The average Bonchev–Trinajstić information content (AvgIpc) is 2.14. The molecular weight excluding hydrogens is 170 g/mol. The molecule has 1 aliphatic heterocycles. The molecule has 2 fully saturated rings. The van der Waals surface area contributed by atoms with E-state index < -0.39 is 0 Å². The van der Waals surface area contributed by atoms with E-state index in [1.807, 2.05) is 0 Å². The van der Waals surface area contributed by atoms with Crippen LogP contribution in [0.3, 0.4) is 0 Å². The molecule has 2 rings (SSSR count). The van der Waals surface area contributed by atoms with Crippen LogP contribution < -0.4 is 0 Å². The van der Waals surface area contributed by atoms with Crippen molar-refractivity contribution in [3.63, 3.8) is 0 Å². The summed E-state index contributed by atoms with van der Waals surface area (Å²) in [6, 6.07) is 0.877. The van der Waals surface area contributed by atoms with Crippen LogP contribution in [0.4, 0.5) is 0 Å². The van der Waals surface area contributed by atoms with Crippen molar-refractivity contribution in [1.29, 1.82) is 0 Å². The van der Waals surface area contributed by atoms with Crippen LogP contribution in [-0.2, 0) is 0 Å². The zero-order chi connectivity index (χ0) is 10.3. The van der Waals surface area contributed by atoms with Crippen LogP contribution >= 0.6 is 0 Å². The fourth-order valence-electron chi connectivity index (χ4n) is 3.82. The molecule has 1 heteroatoms. The highest BCUT2D eigenvalue weighted by molar-refractivity contribution is 4.97. The zero-order valence-corrected chi connectivity index (χ0v) is 10.2. The van der Waals surface area contributed by atoms with Crippen molar-refractivity contribution in [2.45, 2.75) is 64.5 Å². The number of nitrogens with zero attached hydrogens (tertiary/aromatic N) is 1. The molecule has 1 nitrogen and oxygen atoms in total. The Morgan fingerprint density at radius 2 is 1.79 bits per heavy atom. The van der Waals surface area contributed by atoms with E-state index in [-0.39, 0.29) is 0 Å². The second-order valence-electron chi connectivity index (χ2n) is 6.12. The first-order valence-corrected chi connectivity index (χ1v) is 6.25. The van der Waals surface area contributed by atoms with Crippen molar-refractivity contribution < 1.29 is 0 Å². The molecule has 0 aromatic rings. The summed E-state index contributed by atoms with van der Waals surface area (Å²) in [6.45, 7) is 7.29. The first kappa shape index (κ1) is 10.5. The van der Waals surface area contributed by atoms with Gasteiger partial charge in [-0.25, -0.2) is 0 Å². The third kappa shape index (κ3) is 1.60. The van der Waals surface area contributed by atoms with Gasteiger partial charge in [0.1, 0.15) is 0 Å². The zero-order valence-electron chi connectivity index (χ0n) is 10.2. The first-order valence-electron chi connectivity index (χ1n) is 6.25. The van der Waals surface area contributed by atoms with Crippen LogP contribution in [0.1, 0.15) is 52.9 Å². The van der Waals surface area contributed by atoms with E-state index >= 15 is 0 Å². The molecule has 0 N–H and O–H groups in total. The van der Waals surface area contributed by atoms with Crippen LogP contribution in [0, 0.1) is 11.8 Å². The summed E-state index contributed by atoms with van der Waals surface area (Å²) in [7, 11) is 2.34. The Hall–Kier alpha value is -0.0400. The summed E-state index contributed by atoms with van der Waals surface area (Å²) in [5.41, 5.74) is 0.428. The number of rotatable bonds is 0. The van der Waals surface area contributed by atoms with Crippen LogP contribution in [0.15, 0.2) is 0 Å². The highest BCUT2D eigenvalue weighted by Crippen LogP contribution is 2.44. The van der Waals surface area contributed by atoms with Gasteiger partial charge in [0, 0.05) is 11.6 Å². The van der Waals surface area contributed by atoms with E-state index in [1.54, 1.807) is 0 Å². The monoisotopic (exact) mass is 195 g/mol. The van der Waals surface area contributed by atoms with Crippen molar-refractivity contribution in [2.24, 2.45) is 11.8 Å². The molecule has 0 spiro atoms. The summed E-state index contributed by atoms with van der Waals surface area (Å²) in [5, 5.41) is 0. The fourth-order valence-corrected chi connectivity index (χ4v) is 3.82. The lowest BCUT2D eigenvalue weighted by Crippen LogP contribution is -2.57. The van der Waals surface area contributed by atoms with Crippen molar-refractivity contribution in [2.75, 3.05) is 7.05 Å². The number of likely N-dealkylation sites (tertiary alicyclic amines) is 1. The van der Waals surface area contributed by atoms with Gasteiger partial charge in [-0.2, -0.15) is 0 Å². The predicted octanol–water partition coefficient (Wildman–Crippen LogP) is 3.30. The van der Waals surface area contributed by atoms with Crippen molar-refractivity contribution >= 4 is 0 Å². The fraction of sp³-hybridized carbons (Fsp3) is 1.00.